The third-order valence-corrected chi connectivity index (χ3v) is 3.04. The van der Waals surface area contributed by atoms with Gasteiger partial charge in [0.05, 0.1) is 4.47 Å². The highest BCUT2D eigenvalue weighted by molar-refractivity contribution is 9.10. The van der Waals surface area contributed by atoms with Crippen LogP contribution < -0.4 is 10.6 Å². The van der Waals surface area contributed by atoms with Crippen LogP contribution in [0.1, 0.15) is 18.4 Å². The van der Waals surface area contributed by atoms with Gasteiger partial charge >= 0.3 is 6.03 Å². The van der Waals surface area contributed by atoms with E-state index >= 15 is 0 Å². The number of benzene rings is 1. The maximum absolute atomic E-state index is 13.1. The van der Waals surface area contributed by atoms with Crippen LogP contribution in [0.15, 0.2) is 16.6 Å². The van der Waals surface area contributed by atoms with Crippen LogP contribution in [-0.2, 0) is 0 Å². The number of rotatable bonds is 2. The summed E-state index contributed by atoms with van der Waals surface area (Å²) in [5.41, 5.74) is 1.32. The molecule has 0 aliphatic heterocycles. The van der Waals surface area contributed by atoms with Gasteiger partial charge < -0.3 is 10.6 Å². The van der Waals surface area contributed by atoms with Gasteiger partial charge in [-0.1, -0.05) is 0 Å². The summed E-state index contributed by atoms with van der Waals surface area (Å²) >= 11 is 3.09. The van der Waals surface area contributed by atoms with E-state index in [9.17, 15) is 9.18 Å². The van der Waals surface area contributed by atoms with E-state index in [1.807, 2.05) is 0 Å². The number of carbonyl (C=O) groups excluding carboxylic acids is 1. The first-order valence-corrected chi connectivity index (χ1v) is 5.88. The minimum Gasteiger partial charge on any atom is -0.335 e. The van der Waals surface area contributed by atoms with Crippen LogP contribution in [0.25, 0.3) is 0 Å². The van der Waals surface area contributed by atoms with E-state index < -0.39 is 0 Å². The Hall–Kier alpha value is -1.10. The number of hydrogen-bond acceptors (Lipinski definition) is 1. The topological polar surface area (TPSA) is 41.1 Å². The lowest BCUT2D eigenvalue weighted by Crippen LogP contribution is -2.30. The van der Waals surface area contributed by atoms with Crippen LogP contribution in [0.5, 0.6) is 0 Å². The second-order valence-corrected chi connectivity index (χ2v) is 4.81. The van der Waals surface area contributed by atoms with Crippen LogP contribution in [0, 0.1) is 12.7 Å². The maximum atomic E-state index is 13.1. The van der Waals surface area contributed by atoms with E-state index in [-0.39, 0.29) is 11.8 Å². The average Bonchev–Trinajstić information content (AvgIpc) is 2.98. The zero-order valence-corrected chi connectivity index (χ0v) is 10.4. The van der Waals surface area contributed by atoms with Gasteiger partial charge in [0.1, 0.15) is 5.82 Å². The first-order valence-electron chi connectivity index (χ1n) is 5.09. The van der Waals surface area contributed by atoms with Crippen molar-refractivity contribution in [3.8, 4) is 0 Å². The molecule has 0 radical (unpaired) electrons. The van der Waals surface area contributed by atoms with Gasteiger partial charge in [0.15, 0.2) is 0 Å². The Morgan fingerprint density at radius 2 is 2.19 bits per heavy atom. The minimum absolute atomic E-state index is 0.232. The molecular weight excluding hydrogens is 275 g/mol. The lowest BCUT2D eigenvalue weighted by Gasteiger charge is -2.10. The zero-order chi connectivity index (χ0) is 11.7. The Bertz CT molecular complexity index is 432. The highest BCUT2D eigenvalue weighted by Gasteiger charge is 2.23. The normalized spacial score (nSPS) is 14.7. The summed E-state index contributed by atoms with van der Waals surface area (Å²) in [4.78, 5) is 11.5. The second-order valence-electron chi connectivity index (χ2n) is 3.95. The Kier molecular flexibility index (Phi) is 3.14. The lowest BCUT2D eigenvalue weighted by atomic mass is 10.2. The molecule has 0 heterocycles. The van der Waals surface area contributed by atoms with Gasteiger partial charge in [0.25, 0.3) is 0 Å². The van der Waals surface area contributed by atoms with E-state index in [1.165, 1.54) is 6.07 Å². The summed E-state index contributed by atoms with van der Waals surface area (Å²) < 4.78 is 13.5. The highest BCUT2D eigenvalue weighted by Crippen LogP contribution is 2.24. The number of hydrogen-bond donors (Lipinski definition) is 2. The van der Waals surface area contributed by atoms with E-state index in [0.717, 1.165) is 12.8 Å². The molecule has 0 unspecified atom stereocenters. The standard InChI is InChI=1S/C11H12BrFN2O/c1-6-4-9(13)8(12)5-10(6)15-11(16)14-7-2-3-7/h4-5,7H,2-3H2,1H3,(H2,14,15,16). The molecule has 5 heteroatoms. The summed E-state index contributed by atoms with van der Waals surface area (Å²) in [6.45, 7) is 1.75. The van der Waals surface area contributed by atoms with Crippen molar-refractivity contribution >= 4 is 27.6 Å². The monoisotopic (exact) mass is 286 g/mol. The average molecular weight is 287 g/mol. The number of carbonyl (C=O) groups is 1. The number of urea groups is 1. The molecule has 86 valence electrons. The Labute approximate surface area is 102 Å². The van der Waals surface area contributed by atoms with Crippen molar-refractivity contribution in [2.75, 3.05) is 5.32 Å². The maximum Gasteiger partial charge on any atom is 0.319 e. The van der Waals surface area contributed by atoms with Crippen molar-refractivity contribution in [1.29, 1.82) is 0 Å². The fourth-order valence-electron chi connectivity index (χ4n) is 1.35. The Morgan fingerprint density at radius 1 is 1.50 bits per heavy atom. The largest absolute Gasteiger partial charge is 0.335 e. The van der Waals surface area contributed by atoms with Crippen molar-refractivity contribution in [2.24, 2.45) is 0 Å². The van der Waals surface area contributed by atoms with Crippen LogP contribution in [0.2, 0.25) is 0 Å². The fourth-order valence-corrected chi connectivity index (χ4v) is 1.70. The molecule has 1 aromatic carbocycles. The summed E-state index contributed by atoms with van der Waals surface area (Å²) in [5.74, 6) is -0.328. The highest BCUT2D eigenvalue weighted by atomic mass is 79.9. The molecule has 1 aliphatic carbocycles. The van der Waals surface area contributed by atoms with E-state index in [0.29, 0.717) is 21.8 Å². The third kappa shape index (κ3) is 2.72. The van der Waals surface area contributed by atoms with Gasteiger partial charge in [-0.05, 0) is 53.4 Å². The molecular formula is C11H12BrFN2O. The molecule has 0 spiro atoms. The number of anilines is 1. The van der Waals surface area contributed by atoms with Gasteiger partial charge in [-0.2, -0.15) is 0 Å². The molecule has 3 nitrogen and oxygen atoms in total. The van der Waals surface area contributed by atoms with Gasteiger partial charge in [-0.25, -0.2) is 9.18 Å². The molecule has 0 saturated heterocycles. The van der Waals surface area contributed by atoms with Crippen molar-refractivity contribution in [3.63, 3.8) is 0 Å². The van der Waals surface area contributed by atoms with Crippen molar-refractivity contribution in [3.05, 3.63) is 28.0 Å². The van der Waals surface area contributed by atoms with Crippen LogP contribution >= 0.6 is 15.9 Å². The number of amides is 2. The van der Waals surface area contributed by atoms with E-state index in [2.05, 4.69) is 26.6 Å². The number of halogens is 2. The SMILES string of the molecule is Cc1cc(F)c(Br)cc1NC(=O)NC1CC1. The molecule has 2 amide bonds. The predicted octanol–water partition coefficient (Wildman–Crippen LogP) is 3.18. The quantitative estimate of drug-likeness (QED) is 0.861. The Balaban J connectivity index is 2.07. The lowest BCUT2D eigenvalue weighted by molar-refractivity contribution is 0.251. The number of aryl methyl sites for hydroxylation is 1. The first-order chi connectivity index (χ1) is 7.56. The first kappa shape index (κ1) is 11.4. The molecule has 0 atom stereocenters. The minimum atomic E-state index is -0.328. The fraction of sp³-hybridized carbons (Fsp3) is 0.364. The molecule has 1 aromatic rings. The predicted molar refractivity (Wildman–Crippen MR) is 64.0 cm³/mol. The summed E-state index contributed by atoms with van der Waals surface area (Å²) in [6, 6.07) is 3.03. The molecule has 1 aliphatic rings. The molecule has 16 heavy (non-hydrogen) atoms. The second kappa shape index (κ2) is 4.41. The van der Waals surface area contributed by atoms with Crippen molar-refractivity contribution < 1.29 is 9.18 Å². The number of nitrogens with one attached hydrogen (secondary N) is 2. The summed E-state index contributed by atoms with van der Waals surface area (Å²) in [6.07, 6.45) is 2.08. The molecule has 2 rings (SSSR count). The van der Waals surface area contributed by atoms with Crippen LogP contribution in [-0.4, -0.2) is 12.1 Å². The van der Waals surface area contributed by atoms with E-state index in [1.54, 1.807) is 13.0 Å². The molecule has 0 bridgehead atoms. The van der Waals surface area contributed by atoms with Crippen molar-refractivity contribution in [2.45, 2.75) is 25.8 Å². The zero-order valence-electron chi connectivity index (χ0n) is 8.81. The van der Waals surface area contributed by atoms with Crippen molar-refractivity contribution in [1.82, 2.24) is 5.32 Å². The van der Waals surface area contributed by atoms with Crippen LogP contribution in [0.3, 0.4) is 0 Å². The molecule has 1 fully saturated rings. The van der Waals surface area contributed by atoms with Gasteiger partial charge in [0.2, 0.25) is 0 Å². The van der Waals surface area contributed by atoms with Gasteiger partial charge in [0, 0.05) is 11.7 Å². The molecule has 2 N–H and O–H groups in total. The summed E-state index contributed by atoms with van der Waals surface area (Å²) in [5, 5.41) is 5.51. The van der Waals surface area contributed by atoms with Gasteiger partial charge in [-0.3, -0.25) is 0 Å². The summed E-state index contributed by atoms with van der Waals surface area (Å²) in [7, 11) is 0. The molecule has 1 saturated carbocycles. The van der Waals surface area contributed by atoms with Crippen LogP contribution in [0.4, 0.5) is 14.9 Å². The Morgan fingerprint density at radius 3 is 2.81 bits per heavy atom. The third-order valence-electron chi connectivity index (χ3n) is 2.43. The van der Waals surface area contributed by atoms with Gasteiger partial charge in [-0.15, -0.1) is 0 Å². The smallest absolute Gasteiger partial charge is 0.319 e. The molecule has 0 aromatic heterocycles. The van der Waals surface area contributed by atoms with E-state index in [4.69, 9.17) is 0 Å².